The monoisotopic (exact) mass is 441 g/mol. The van der Waals surface area contributed by atoms with E-state index in [1.54, 1.807) is 0 Å². The Morgan fingerprint density at radius 3 is 2.92 bits per heavy atom. The van der Waals surface area contributed by atoms with Gasteiger partial charge in [-0.1, -0.05) is 18.2 Å². The Morgan fingerprint density at radius 2 is 2.21 bits per heavy atom. The summed E-state index contributed by atoms with van der Waals surface area (Å²) in [6, 6.07) is 8.10. The van der Waals surface area contributed by atoms with Crippen molar-refractivity contribution in [1.29, 1.82) is 0 Å². The van der Waals surface area contributed by atoms with Crippen molar-refractivity contribution in [2.75, 3.05) is 26.7 Å². The van der Waals surface area contributed by atoms with Crippen LogP contribution in [0.3, 0.4) is 0 Å². The molecule has 0 amide bonds. The van der Waals surface area contributed by atoms with E-state index in [1.807, 2.05) is 30.3 Å². The fourth-order valence-corrected chi connectivity index (χ4v) is 2.44. The van der Waals surface area contributed by atoms with Gasteiger partial charge in [-0.2, -0.15) is 0 Å². The molecule has 0 saturated carbocycles. The van der Waals surface area contributed by atoms with Crippen molar-refractivity contribution in [3.63, 3.8) is 0 Å². The molecule has 2 rings (SSSR count). The van der Waals surface area contributed by atoms with E-state index >= 15 is 0 Å². The zero-order chi connectivity index (χ0) is 16.5. The number of aromatic amines is 1. The first-order valence-electron chi connectivity index (χ1n) is 8.28. The molecule has 5 nitrogen and oxygen atoms in total. The number of unbranched alkanes of at least 4 members (excludes halogenated alkanes) is 1. The van der Waals surface area contributed by atoms with E-state index < -0.39 is 0 Å². The lowest BCUT2D eigenvalue weighted by Crippen LogP contribution is -2.39. The van der Waals surface area contributed by atoms with Gasteiger partial charge in [-0.25, -0.2) is 4.98 Å². The van der Waals surface area contributed by atoms with Gasteiger partial charge in [0.15, 0.2) is 5.96 Å². The van der Waals surface area contributed by atoms with Gasteiger partial charge < -0.3 is 15.2 Å². The summed E-state index contributed by atoms with van der Waals surface area (Å²) in [5.41, 5.74) is 2.10. The van der Waals surface area contributed by atoms with E-state index in [9.17, 15) is 0 Å². The van der Waals surface area contributed by atoms with Crippen molar-refractivity contribution in [3.8, 4) is 0 Å². The van der Waals surface area contributed by atoms with Gasteiger partial charge in [0.05, 0.1) is 11.0 Å². The Hall–Kier alpha value is -1.57. The summed E-state index contributed by atoms with van der Waals surface area (Å²) in [5.74, 6) is 1.94. The van der Waals surface area contributed by atoms with Crippen molar-refractivity contribution in [3.05, 3.63) is 42.7 Å². The summed E-state index contributed by atoms with van der Waals surface area (Å²) in [6.45, 7) is 8.42. The Labute approximate surface area is 161 Å². The SMILES string of the molecule is C=CCCCN(C)C(=NCCc1nc2ccccc2[nH]1)NCC.I. The normalized spacial score (nSPS) is 11.2. The van der Waals surface area contributed by atoms with Gasteiger partial charge in [-0.3, -0.25) is 4.99 Å². The number of fused-ring (bicyclic) bond motifs is 1. The summed E-state index contributed by atoms with van der Waals surface area (Å²) >= 11 is 0. The van der Waals surface area contributed by atoms with Gasteiger partial charge in [0, 0.05) is 33.1 Å². The van der Waals surface area contributed by atoms with Gasteiger partial charge in [0.25, 0.3) is 0 Å². The van der Waals surface area contributed by atoms with Crippen LogP contribution in [0, 0.1) is 0 Å². The lowest BCUT2D eigenvalue weighted by atomic mass is 10.3. The molecule has 1 aromatic carbocycles. The van der Waals surface area contributed by atoms with Crippen LogP contribution in [0.15, 0.2) is 41.9 Å². The minimum absolute atomic E-state index is 0. The molecule has 2 N–H and O–H groups in total. The number of nitrogens with zero attached hydrogens (tertiary/aromatic N) is 3. The number of halogens is 1. The first-order chi connectivity index (χ1) is 11.2. The maximum absolute atomic E-state index is 4.70. The van der Waals surface area contributed by atoms with Crippen molar-refractivity contribution in [2.45, 2.75) is 26.2 Å². The zero-order valence-corrected chi connectivity index (χ0v) is 16.9. The van der Waals surface area contributed by atoms with Gasteiger partial charge >= 0.3 is 0 Å². The smallest absolute Gasteiger partial charge is 0.193 e. The number of para-hydroxylation sites is 2. The third-order valence-corrected chi connectivity index (χ3v) is 3.65. The lowest BCUT2D eigenvalue weighted by molar-refractivity contribution is 0.470. The molecule has 0 spiro atoms. The molecule has 2 aromatic rings. The summed E-state index contributed by atoms with van der Waals surface area (Å²) in [6.07, 6.45) is 4.89. The number of hydrogen-bond donors (Lipinski definition) is 2. The third-order valence-electron chi connectivity index (χ3n) is 3.65. The maximum atomic E-state index is 4.70. The van der Waals surface area contributed by atoms with Crippen molar-refractivity contribution in [2.24, 2.45) is 4.99 Å². The minimum Gasteiger partial charge on any atom is -0.357 e. The van der Waals surface area contributed by atoms with Gasteiger partial charge in [-0.15, -0.1) is 30.6 Å². The predicted molar refractivity (Wildman–Crippen MR) is 113 cm³/mol. The van der Waals surface area contributed by atoms with Crippen LogP contribution >= 0.6 is 24.0 Å². The number of guanidine groups is 1. The van der Waals surface area contributed by atoms with Crippen molar-refractivity contribution < 1.29 is 0 Å². The van der Waals surface area contributed by atoms with Crippen LogP contribution < -0.4 is 5.32 Å². The third kappa shape index (κ3) is 6.14. The van der Waals surface area contributed by atoms with Crippen LogP contribution in [0.1, 0.15) is 25.6 Å². The van der Waals surface area contributed by atoms with Crippen LogP contribution in [0.5, 0.6) is 0 Å². The molecule has 0 bridgehead atoms. The second kappa shape index (κ2) is 11.1. The number of aliphatic imine (C=N–C) groups is 1. The zero-order valence-electron chi connectivity index (χ0n) is 14.6. The highest BCUT2D eigenvalue weighted by molar-refractivity contribution is 14.0. The van der Waals surface area contributed by atoms with E-state index in [0.29, 0.717) is 6.54 Å². The molecule has 0 radical (unpaired) electrons. The van der Waals surface area contributed by atoms with Gasteiger partial charge in [0.1, 0.15) is 5.82 Å². The second-order valence-electron chi connectivity index (χ2n) is 5.54. The highest BCUT2D eigenvalue weighted by atomic mass is 127. The van der Waals surface area contributed by atoms with Crippen molar-refractivity contribution >= 4 is 41.0 Å². The Morgan fingerprint density at radius 1 is 1.42 bits per heavy atom. The Balaban J connectivity index is 0.00000288. The molecule has 24 heavy (non-hydrogen) atoms. The average molecular weight is 441 g/mol. The van der Waals surface area contributed by atoms with Crippen LogP contribution in [0.25, 0.3) is 11.0 Å². The number of imidazole rings is 1. The second-order valence-corrected chi connectivity index (χ2v) is 5.54. The van der Waals surface area contributed by atoms with Crippen LogP contribution in [-0.4, -0.2) is 47.5 Å². The summed E-state index contributed by atoms with van der Waals surface area (Å²) in [5, 5.41) is 3.34. The molecule has 0 fully saturated rings. The molecule has 0 unspecified atom stereocenters. The van der Waals surface area contributed by atoms with Gasteiger partial charge in [-0.05, 0) is 31.9 Å². The molecule has 1 heterocycles. The largest absolute Gasteiger partial charge is 0.357 e. The molecule has 0 atom stereocenters. The number of allylic oxidation sites excluding steroid dienone is 1. The molecule has 0 saturated heterocycles. The molecule has 0 aliphatic rings. The van der Waals surface area contributed by atoms with Crippen LogP contribution in [0.4, 0.5) is 0 Å². The molecule has 0 aliphatic heterocycles. The molecular weight excluding hydrogens is 413 g/mol. The maximum Gasteiger partial charge on any atom is 0.193 e. The number of aromatic nitrogens is 2. The van der Waals surface area contributed by atoms with E-state index in [1.165, 1.54) is 0 Å². The quantitative estimate of drug-likeness (QED) is 0.217. The molecular formula is C18H28IN5. The number of nitrogens with one attached hydrogen (secondary N) is 2. The van der Waals surface area contributed by atoms with Crippen molar-refractivity contribution in [1.82, 2.24) is 20.2 Å². The summed E-state index contributed by atoms with van der Waals surface area (Å²) in [7, 11) is 2.08. The van der Waals surface area contributed by atoms with Crippen LogP contribution in [0.2, 0.25) is 0 Å². The highest BCUT2D eigenvalue weighted by Gasteiger charge is 2.05. The minimum atomic E-state index is 0. The van der Waals surface area contributed by atoms with E-state index in [0.717, 1.165) is 55.2 Å². The lowest BCUT2D eigenvalue weighted by Gasteiger charge is -2.21. The Kier molecular flexibility index (Phi) is 9.44. The number of H-pyrrole nitrogens is 1. The topological polar surface area (TPSA) is 56.3 Å². The standard InChI is InChI=1S/C18H27N5.HI/c1-4-6-9-14-23(3)18(19-5-2)20-13-12-17-21-15-10-7-8-11-16(15)22-17;/h4,7-8,10-11H,1,5-6,9,12-14H2,2-3H3,(H,19,20)(H,21,22);1H. The first-order valence-corrected chi connectivity index (χ1v) is 8.28. The number of rotatable bonds is 8. The molecule has 0 aliphatic carbocycles. The van der Waals surface area contributed by atoms with E-state index in [2.05, 4.69) is 40.7 Å². The molecule has 132 valence electrons. The first kappa shape index (κ1) is 20.5. The van der Waals surface area contributed by atoms with Gasteiger partial charge in [0.2, 0.25) is 0 Å². The summed E-state index contributed by atoms with van der Waals surface area (Å²) < 4.78 is 0. The van der Waals surface area contributed by atoms with E-state index in [-0.39, 0.29) is 24.0 Å². The van der Waals surface area contributed by atoms with E-state index in [4.69, 9.17) is 4.99 Å². The number of hydrogen-bond acceptors (Lipinski definition) is 2. The predicted octanol–water partition coefficient (Wildman–Crippen LogP) is 3.59. The molecule has 1 aromatic heterocycles. The summed E-state index contributed by atoms with van der Waals surface area (Å²) in [4.78, 5) is 14.8. The average Bonchev–Trinajstić information content (AvgIpc) is 2.97. The fourth-order valence-electron chi connectivity index (χ4n) is 2.44. The van der Waals surface area contributed by atoms with Crippen LogP contribution in [-0.2, 0) is 6.42 Å². The highest BCUT2D eigenvalue weighted by Crippen LogP contribution is 2.10. The fraction of sp³-hybridized carbons (Fsp3) is 0.444. The Bertz CT molecular complexity index is 617. The number of benzene rings is 1. The molecule has 6 heteroatoms.